The molecule has 0 saturated heterocycles. The van der Waals surface area contributed by atoms with Crippen LogP contribution in [-0.2, 0) is 0 Å². The number of aryl methyl sites for hydroxylation is 2. The second kappa shape index (κ2) is 47.8. The first-order valence-corrected chi connectivity index (χ1v) is 47.2. The van der Waals surface area contributed by atoms with Gasteiger partial charge in [-0.3, -0.25) is 37.4 Å². The molecule has 0 spiro atoms. The van der Waals surface area contributed by atoms with Gasteiger partial charge >= 0.3 is 24.1 Å². The molecule has 50 heteroatoms. The smallest absolute Gasteiger partial charge is 0.319 e. The fraction of sp³-hybridized carbons (Fsp3) is 0.184. The Kier molecular flexibility index (Phi) is 34.6. The molecule has 4 atom stereocenters. The van der Waals surface area contributed by atoms with Gasteiger partial charge in [-0.25, -0.2) is 79.0 Å². The fourth-order valence-electron chi connectivity index (χ4n) is 15.2. The maximum atomic E-state index is 13.9. The zero-order chi connectivity index (χ0) is 107. The molecule has 0 bridgehead atoms. The van der Waals surface area contributed by atoms with Gasteiger partial charge in [-0.1, -0.05) is 118 Å². The topological polar surface area (TPSA) is 655 Å². The first-order chi connectivity index (χ1) is 71.0. The molecule has 0 fully saturated rings. The highest BCUT2D eigenvalue weighted by Crippen LogP contribution is 2.38. The van der Waals surface area contributed by atoms with E-state index in [-0.39, 0.29) is 178 Å². The van der Waals surface area contributed by atoms with Crippen molar-refractivity contribution >= 4 is 207 Å². The van der Waals surface area contributed by atoms with Crippen molar-refractivity contribution in [3.05, 3.63) is 299 Å². The van der Waals surface area contributed by atoms with E-state index in [4.69, 9.17) is 112 Å². The Hall–Kier alpha value is -18.2. The third-order valence-corrected chi connectivity index (χ3v) is 24.2. The number of benzene rings is 8. The predicted molar refractivity (Wildman–Crippen MR) is 572 cm³/mol. The highest BCUT2D eigenvalue weighted by Gasteiger charge is 2.31. The fourth-order valence-corrected chi connectivity index (χ4v) is 16.8. The largest absolute Gasteiger partial charge is 0.382 e. The van der Waals surface area contributed by atoms with E-state index >= 15 is 0 Å². The summed E-state index contributed by atoms with van der Waals surface area (Å²) >= 11 is 39.0. The van der Waals surface area contributed by atoms with E-state index in [9.17, 15) is 59.4 Å². The number of carbonyl (C=O) groups excluding carboxylic acids is 4. The van der Waals surface area contributed by atoms with Crippen molar-refractivity contribution in [1.29, 1.82) is 21.0 Å². The number of hydrogen-bond acceptors (Lipinski definition) is 32. The molecule has 16 rings (SSSR count). The summed E-state index contributed by atoms with van der Waals surface area (Å²) in [6.45, 7) is 19.7. The lowest BCUT2D eigenvalue weighted by Gasteiger charge is -2.22. The van der Waals surface area contributed by atoms with Gasteiger partial charge in [0.1, 0.15) is 142 Å². The van der Waals surface area contributed by atoms with Crippen molar-refractivity contribution in [3.63, 3.8) is 0 Å². The summed E-state index contributed by atoms with van der Waals surface area (Å²) < 4.78 is 5.52. The summed E-state index contributed by atoms with van der Waals surface area (Å²) in [6, 6.07) is 43.9. The van der Waals surface area contributed by atoms with Crippen molar-refractivity contribution in [2.24, 2.45) is 0 Å². The lowest BCUT2D eigenvalue weighted by molar-refractivity contribution is 0.251. The zero-order valence-corrected chi connectivity index (χ0v) is 84.6. The van der Waals surface area contributed by atoms with Crippen molar-refractivity contribution in [2.45, 2.75) is 93.4 Å². The van der Waals surface area contributed by atoms with E-state index in [2.05, 4.69) is 104 Å². The summed E-state index contributed by atoms with van der Waals surface area (Å²) in [4.78, 5) is 155. The van der Waals surface area contributed by atoms with E-state index in [1.54, 1.807) is 187 Å². The molecule has 20 N–H and O–H groups in total. The first-order valence-electron chi connectivity index (χ1n) is 44.9. The molecular weight excluding hydrogens is 2020 g/mol. The van der Waals surface area contributed by atoms with Crippen LogP contribution in [-0.4, -0.2) is 128 Å². The molecule has 0 aliphatic carbocycles. The van der Waals surface area contributed by atoms with Gasteiger partial charge in [-0.05, 0) is 177 Å². The number of carbonyl (C=O) groups is 4. The number of nitrogen functional groups attached to an aromatic ring is 4. The minimum Gasteiger partial charge on any atom is -0.382 e. The average molecular weight is 2110 g/mol. The molecule has 0 unspecified atom stereocenters. The second-order valence-electron chi connectivity index (χ2n) is 32.0. The number of rotatable bonds is 24. The van der Waals surface area contributed by atoms with Crippen LogP contribution in [0.4, 0.5) is 88.5 Å². The Bertz CT molecular complexity index is 7550. The number of hydrogen-bond donors (Lipinski definition) is 16. The maximum absolute atomic E-state index is 13.9. The van der Waals surface area contributed by atoms with Crippen LogP contribution in [0.15, 0.2) is 190 Å². The lowest BCUT2D eigenvalue weighted by Crippen LogP contribution is -2.29. The monoisotopic (exact) mass is 2110 g/mol. The van der Waals surface area contributed by atoms with E-state index in [1.807, 2.05) is 52.0 Å². The van der Waals surface area contributed by atoms with Crippen LogP contribution >= 0.6 is 69.6 Å². The third-order valence-electron chi connectivity index (χ3n) is 22.1. The van der Waals surface area contributed by atoms with Crippen molar-refractivity contribution in [3.8, 4) is 47.0 Å². The molecule has 8 amide bonds. The van der Waals surface area contributed by atoms with Gasteiger partial charge in [0.25, 0.3) is 22.2 Å². The van der Waals surface area contributed by atoms with Crippen LogP contribution < -0.4 is 109 Å². The van der Waals surface area contributed by atoms with E-state index in [0.29, 0.717) is 82.6 Å². The standard InChI is InChI=1S/2C25H24ClN9O2.2C24H21Cl2N9O2/c2*1-4-29-25(37)33-15-9-8-13(2)19(10-15)35-23(34-18-7-5-6-17(26)20(18)24(35)36)14(3)32-22-16(11-27)21(28)30-12-31-22;2*1-3-29-24(37)34-16-8-5-9-17(19(16)26)35-22(33-15-7-4-6-14(25)18(15)23(35)36)12(2)32-21-13(10-27)20(28)30-11-31-21/h2*5-10,12,14H,4H2,1-3H3,(H2,29,33,37)(H3,28,30,31,32);2*4-9,11-12H,3H2,1-2H3,(H2,29,34,37)(H3,28,30,31,32)/t2*14-;2*12-/m0000/s1. The number of nitrogens with zero attached hydrogens (tertiary/aromatic N) is 20. The van der Waals surface area contributed by atoms with E-state index in [0.717, 1.165) is 11.1 Å². The Labute approximate surface area is 871 Å². The van der Waals surface area contributed by atoms with Gasteiger partial charge in [-0.15, -0.1) is 0 Å². The molecule has 0 radical (unpaired) electrons. The average Bonchev–Trinajstić information content (AvgIpc) is 0.823. The first kappa shape index (κ1) is 107. The summed E-state index contributed by atoms with van der Waals surface area (Å²) in [7, 11) is 0. The molecule has 16 aromatic rings. The van der Waals surface area contributed by atoms with Crippen LogP contribution in [0.5, 0.6) is 0 Å². The van der Waals surface area contributed by atoms with Crippen molar-refractivity contribution in [2.75, 3.05) is 91.6 Å². The quantitative estimate of drug-likeness (QED) is 0.0267. The maximum Gasteiger partial charge on any atom is 0.319 e. The van der Waals surface area contributed by atoms with Crippen LogP contribution in [0.3, 0.4) is 0 Å². The predicted octanol–water partition coefficient (Wildman–Crippen LogP) is 16.3. The van der Waals surface area contributed by atoms with Gasteiger partial charge in [0.05, 0.1) is 132 Å². The number of anilines is 12. The summed E-state index contributed by atoms with van der Waals surface area (Å²) in [5.41, 5.74) is 28.0. The van der Waals surface area contributed by atoms with Crippen molar-refractivity contribution in [1.82, 2.24) is 99.3 Å². The van der Waals surface area contributed by atoms with Crippen LogP contribution in [0.1, 0.15) is 136 Å². The van der Waals surface area contributed by atoms with Gasteiger partial charge in [0, 0.05) is 37.6 Å². The molecule has 8 aromatic heterocycles. The van der Waals surface area contributed by atoms with Crippen LogP contribution in [0, 0.1) is 59.2 Å². The van der Waals surface area contributed by atoms with Gasteiger partial charge < -0.3 is 86.7 Å². The molecule has 0 aliphatic heterocycles. The lowest BCUT2D eigenvalue weighted by atomic mass is 10.1. The number of aromatic nitrogens is 16. The van der Waals surface area contributed by atoms with Crippen LogP contribution in [0.25, 0.3) is 66.4 Å². The minimum absolute atomic E-state index is 0.00928. The molecule has 148 heavy (non-hydrogen) atoms. The highest BCUT2D eigenvalue weighted by molar-refractivity contribution is 6.38. The molecule has 752 valence electrons. The molecular formula is C98H90Cl6N36O8. The van der Waals surface area contributed by atoms with Crippen LogP contribution in [0.2, 0.25) is 30.1 Å². The summed E-state index contributed by atoms with van der Waals surface area (Å²) in [5.74, 6) is 2.00. The Balaban J connectivity index is 0.000000165. The van der Waals surface area contributed by atoms with E-state index in [1.165, 1.54) is 43.6 Å². The number of amides is 8. The van der Waals surface area contributed by atoms with E-state index < -0.39 is 47.3 Å². The number of nitriles is 4. The highest BCUT2D eigenvalue weighted by atomic mass is 35.5. The Morgan fingerprint density at radius 2 is 0.568 bits per heavy atom. The van der Waals surface area contributed by atoms with Gasteiger partial charge in [0.2, 0.25) is 0 Å². The number of nitrogens with two attached hydrogens (primary N) is 4. The number of urea groups is 4. The van der Waals surface area contributed by atoms with Crippen molar-refractivity contribution < 1.29 is 19.2 Å². The SMILES string of the molecule is CCNC(=O)Nc1ccc(C)c(-n2c([C@H](C)Nc3ncnc(N)c3C#N)nc3cccc(Cl)c3c2=O)c1.CCNC(=O)Nc1ccc(C)c(-n2c([C@H](C)Nc3ncnc(N)c3C#N)nc3cccc(Cl)c3c2=O)c1.CCNC(=O)Nc1cccc(-n2c([C@H](C)Nc3ncnc(N)c3C#N)nc3cccc(Cl)c3c2=O)c1Cl.CCNC(=O)Nc1cccc(-n2c([C@H](C)Nc3ncnc(N)c3C#N)nc3cccc(Cl)c3c2=O)c1Cl. The summed E-state index contributed by atoms with van der Waals surface area (Å²) in [6.07, 6.45) is 4.93. The Morgan fingerprint density at radius 1 is 0.331 bits per heavy atom. The van der Waals surface area contributed by atoms with Gasteiger partial charge in [-0.2, -0.15) is 21.0 Å². The Morgan fingerprint density at radius 3 is 0.811 bits per heavy atom. The minimum atomic E-state index is -0.673. The number of nitrogens with one attached hydrogen (secondary N) is 12. The molecule has 8 aromatic carbocycles. The van der Waals surface area contributed by atoms with Gasteiger partial charge in [0.15, 0.2) is 0 Å². The molecule has 0 aliphatic rings. The number of fused-ring (bicyclic) bond motifs is 4. The molecule has 0 saturated carbocycles. The second-order valence-corrected chi connectivity index (χ2v) is 34.4. The number of halogens is 6. The summed E-state index contributed by atoms with van der Waals surface area (Å²) in [5, 5.41) is 74.1. The molecule has 8 heterocycles. The molecule has 44 nitrogen and oxygen atoms in total. The zero-order valence-electron chi connectivity index (χ0n) is 80.1. The third kappa shape index (κ3) is 23.5. The normalized spacial score (nSPS) is 11.5.